The highest BCUT2D eigenvalue weighted by molar-refractivity contribution is 6.33. The molecule has 1 aliphatic heterocycles. The van der Waals surface area contributed by atoms with Crippen molar-refractivity contribution in [2.75, 3.05) is 45.3 Å². The SMILES string of the molecule is CN(C)c1ccc(C=CC(=O)N2CCOCC2)cc1Cl. The van der Waals surface area contributed by atoms with Gasteiger partial charge in [0.05, 0.1) is 23.9 Å². The lowest BCUT2D eigenvalue weighted by Crippen LogP contribution is -2.39. The van der Waals surface area contributed by atoms with E-state index in [1.54, 1.807) is 17.1 Å². The van der Waals surface area contributed by atoms with Crippen LogP contribution < -0.4 is 4.90 Å². The van der Waals surface area contributed by atoms with Crippen molar-refractivity contribution in [1.29, 1.82) is 0 Å². The van der Waals surface area contributed by atoms with E-state index < -0.39 is 0 Å². The number of ether oxygens (including phenoxy) is 1. The van der Waals surface area contributed by atoms with Crippen LogP contribution >= 0.6 is 11.6 Å². The second-order valence-corrected chi connectivity index (χ2v) is 5.28. The highest BCUT2D eigenvalue weighted by atomic mass is 35.5. The molecule has 0 atom stereocenters. The van der Waals surface area contributed by atoms with Crippen LogP contribution in [0, 0.1) is 0 Å². The standard InChI is InChI=1S/C15H19ClN2O2/c1-17(2)14-5-3-12(11-13(14)16)4-6-15(19)18-7-9-20-10-8-18/h3-6,11H,7-10H2,1-2H3. The third-order valence-electron chi connectivity index (χ3n) is 3.19. The Morgan fingerprint density at radius 3 is 2.65 bits per heavy atom. The first-order chi connectivity index (χ1) is 9.58. The van der Waals surface area contributed by atoms with Gasteiger partial charge in [-0.1, -0.05) is 17.7 Å². The van der Waals surface area contributed by atoms with E-state index in [4.69, 9.17) is 16.3 Å². The fourth-order valence-electron chi connectivity index (χ4n) is 2.05. The summed E-state index contributed by atoms with van der Waals surface area (Å²) in [5.74, 6) is 0.0149. The molecule has 5 heteroatoms. The lowest BCUT2D eigenvalue weighted by atomic mass is 10.2. The first-order valence-corrected chi connectivity index (χ1v) is 6.97. The molecule has 108 valence electrons. The van der Waals surface area contributed by atoms with Crippen molar-refractivity contribution in [2.24, 2.45) is 0 Å². The molecule has 0 bridgehead atoms. The van der Waals surface area contributed by atoms with Gasteiger partial charge in [-0.15, -0.1) is 0 Å². The molecule has 0 aliphatic carbocycles. The Morgan fingerprint density at radius 1 is 1.35 bits per heavy atom. The Labute approximate surface area is 124 Å². The van der Waals surface area contributed by atoms with Crippen LogP contribution in [0.25, 0.3) is 6.08 Å². The molecule has 1 aromatic carbocycles. The smallest absolute Gasteiger partial charge is 0.246 e. The minimum Gasteiger partial charge on any atom is -0.378 e. The quantitative estimate of drug-likeness (QED) is 0.802. The van der Waals surface area contributed by atoms with E-state index >= 15 is 0 Å². The molecule has 0 saturated carbocycles. The Bertz CT molecular complexity index is 509. The lowest BCUT2D eigenvalue weighted by Gasteiger charge is -2.25. The third-order valence-corrected chi connectivity index (χ3v) is 3.50. The maximum atomic E-state index is 12.0. The third kappa shape index (κ3) is 3.74. The largest absolute Gasteiger partial charge is 0.378 e. The zero-order chi connectivity index (χ0) is 14.5. The summed E-state index contributed by atoms with van der Waals surface area (Å²) in [6, 6.07) is 5.76. The fraction of sp³-hybridized carbons (Fsp3) is 0.400. The number of benzene rings is 1. The highest BCUT2D eigenvalue weighted by Gasteiger charge is 2.13. The van der Waals surface area contributed by atoms with Crippen molar-refractivity contribution in [1.82, 2.24) is 4.90 Å². The molecule has 1 saturated heterocycles. The number of rotatable bonds is 3. The van der Waals surface area contributed by atoms with Crippen LogP contribution in [-0.4, -0.2) is 51.2 Å². The summed E-state index contributed by atoms with van der Waals surface area (Å²) in [4.78, 5) is 15.7. The van der Waals surface area contributed by atoms with Gasteiger partial charge in [-0.3, -0.25) is 4.79 Å². The predicted molar refractivity (Wildman–Crippen MR) is 82.2 cm³/mol. The molecular formula is C15H19ClN2O2. The van der Waals surface area contributed by atoms with Crippen molar-refractivity contribution >= 4 is 29.3 Å². The number of halogens is 1. The van der Waals surface area contributed by atoms with Crippen LogP contribution in [0.4, 0.5) is 5.69 Å². The summed E-state index contributed by atoms with van der Waals surface area (Å²) < 4.78 is 5.22. The fourth-order valence-corrected chi connectivity index (χ4v) is 2.40. The van der Waals surface area contributed by atoms with Gasteiger partial charge in [-0.05, 0) is 23.8 Å². The molecule has 0 spiro atoms. The summed E-state index contributed by atoms with van der Waals surface area (Å²) in [5, 5.41) is 0.677. The lowest BCUT2D eigenvalue weighted by molar-refractivity contribution is -0.129. The minimum atomic E-state index is 0.0149. The van der Waals surface area contributed by atoms with Crippen molar-refractivity contribution in [3.63, 3.8) is 0 Å². The number of carbonyl (C=O) groups is 1. The van der Waals surface area contributed by atoms with E-state index in [0.717, 1.165) is 11.3 Å². The number of hydrogen-bond donors (Lipinski definition) is 0. The van der Waals surface area contributed by atoms with Crippen LogP contribution in [-0.2, 0) is 9.53 Å². The van der Waals surface area contributed by atoms with Gasteiger partial charge in [0.1, 0.15) is 0 Å². The van der Waals surface area contributed by atoms with Gasteiger partial charge in [0.15, 0.2) is 0 Å². The Balaban J connectivity index is 2.03. The molecule has 0 N–H and O–H groups in total. The van der Waals surface area contributed by atoms with E-state index in [-0.39, 0.29) is 5.91 Å². The summed E-state index contributed by atoms with van der Waals surface area (Å²) in [7, 11) is 3.89. The van der Waals surface area contributed by atoms with E-state index in [9.17, 15) is 4.79 Å². The maximum absolute atomic E-state index is 12.0. The molecule has 1 fully saturated rings. The molecule has 1 amide bonds. The number of nitrogens with zero attached hydrogens (tertiary/aromatic N) is 2. The summed E-state index contributed by atoms with van der Waals surface area (Å²) in [6.45, 7) is 2.54. The molecule has 1 heterocycles. The molecule has 4 nitrogen and oxygen atoms in total. The number of carbonyl (C=O) groups excluding carboxylic acids is 1. The molecule has 20 heavy (non-hydrogen) atoms. The first-order valence-electron chi connectivity index (χ1n) is 6.59. The Hall–Kier alpha value is -1.52. The molecule has 0 radical (unpaired) electrons. The predicted octanol–water partition coefficient (Wildman–Crippen LogP) is 2.28. The van der Waals surface area contributed by atoms with Crippen molar-refractivity contribution in [3.05, 3.63) is 34.9 Å². The van der Waals surface area contributed by atoms with E-state index in [1.165, 1.54) is 0 Å². The zero-order valence-corrected chi connectivity index (χ0v) is 12.6. The summed E-state index contributed by atoms with van der Waals surface area (Å²) in [5.41, 5.74) is 1.88. The minimum absolute atomic E-state index is 0.0149. The molecule has 0 aromatic heterocycles. The van der Waals surface area contributed by atoms with Gasteiger partial charge in [-0.25, -0.2) is 0 Å². The average molecular weight is 295 g/mol. The van der Waals surface area contributed by atoms with Gasteiger partial charge < -0.3 is 14.5 Å². The molecule has 1 aliphatic rings. The monoisotopic (exact) mass is 294 g/mol. The molecule has 0 unspecified atom stereocenters. The second-order valence-electron chi connectivity index (χ2n) is 4.88. The van der Waals surface area contributed by atoms with Crippen LogP contribution in [0.5, 0.6) is 0 Å². The first kappa shape index (κ1) is 14.9. The Morgan fingerprint density at radius 2 is 2.05 bits per heavy atom. The number of amides is 1. The van der Waals surface area contributed by atoms with Crippen molar-refractivity contribution < 1.29 is 9.53 Å². The van der Waals surface area contributed by atoms with Gasteiger partial charge >= 0.3 is 0 Å². The number of morpholine rings is 1. The van der Waals surface area contributed by atoms with E-state index in [0.29, 0.717) is 31.3 Å². The van der Waals surface area contributed by atoms with Gasteiger partial charge in [0, 0.05) is 33.3 Å². The Kier molecular flexibility index (Phi) is 5.04. The summed E-state index contributed by atoms with van der Waals surface area (Å²) >= 11 is 6.20. The van der Waals surface area contributed by atoms with Crippen LogP contribution in [0.2, 0.25) is 5.02 Å². The second kappa shape index (κ2) is 6.77. The topological polar surface area (TPSA) is 32.8 Å². The average Bonchev–Trinajstić information content (AvgIpc) is 2.45. The molecular weight excluding hydrogens is 276 g/mol. The maximum Gasteiger partial charge on any atom is 0.246 e. The highest BCUT2D eigenvalue weighted by Crippen LogP contribution is 2.25. The molecule has 1 aromatic rings. The number of anilines is 1. The summed E-state index contributed by atoms with van der Waals surface area (Å²) in [6.07, 6.45) is 3.38. The van der Waals surface area contributed by atoms with E-state index in [2.05, 4.69) is 0 Å². The zero-order valence-electron chi connectivity index (χ0n) is 11.8. The van der Waals surface area contributed by atoms with Gasteiger partial charge in [0.2, 0.25) is 5.91 Å². The van der Waals surface area contributed by atoms with Gasteiger partial charge in [-0.2, -0.15) is 0 Å². The van der Waals surface area contributed by atoms with Crippen LogP contribution in [0.15, 0.2) is 24.3 Å². The van der Waals surface area contributed by atoms with Crippen molar-refractivity contribution in [3.8, 4) is 0 Å². The van der Waals surface area contributed by atoms with Crippen LogP contribution in [0.3, 0.4) is 0 Å². The van der Waals surface area contributed by atoms with Crippen molar-refractivity contribution in [2.45, 2.75) is 0 Å². The normalized spacial score (nSPS) is 15.7. The number of hydrogen-bond acceptors (Lipinski definition) is 3. The molecule has 2 rings (SSSR count). The van der Waals surface area contributed by atoms with E-state index in [1.807, 2.05) is 37.2 Å². The van der Waals surface area contributed by atoms with Gasteiger partial charge in [0.25, 0.3) is 0 Å². The van der Waals surface area contributed by atoms with Crippen LogP contribution in [0.1, 0.15) is 5.56 Å².